The number of hydrogen-bond acceptors (Lipinski definition) is 3. The van der Waals surface area contributed by atoms with E-state index < -0.39 is 0 Å². The highest BCUT2D eigenvalue weighted by atomic mass is 16.5. The van der Waals surface area contributed by atoms with Crippen molar-refractivity contribution in [1.29, 1.82) is 0 Å². The lowest BCUT2D eigenvalue weighted by Gasteiger charge is -2.33. The van der Waals surface area contributed by atoms with Gasteiger partial charge >= 0.3 is 0 Å². The molecule has 2 unspecified atom stereocenters. The van der Waals surface area contributed by atoms with Crippen LogP contribution in [0.2, 0.25) is 0 Å². The van der Waals surface area contributed by atoms with Crippen LogP contribution in [0.1, 0.15) is 44.9 Å². The normalized spacial score (nSPS) is 37.0. The van der Waals surface area contributed by atoms with Gasteiger partial charge in [0, 0.05) is 18.8 Å². The first-order valence-corrected chi connectivity index (χ1v) is 6.27. The van der Waals surface area contributed by atoms with Crippen molar-refractivity contribution >= 4 is 0 Å². The number of ether oxygens (including phenoxy) is 2. The number of hydrogen-bond donors (Lipinski definition) is 1. The van der Waals surface area contributed by atoms with Crippen LogP contribution in [0.5, 0.6) is 0 Å². The molecule has 0 radical (unpaired) electrons. The molecule has 0 aromatic heterocycles. The van der Waals surface area contributed by atoms with Crippen molar-refractivity contribution in [1.82, 2.24) is 0 Å². The maximum absolute atomic E-state index is 6.28. The average molecular weight is 213 g/mol. The van der Waals surface area contributed by atoms with E-state index in [-0.39, 0.29) is 5.54 Å². The van der Waals surface area contributed by atoms with Gasteiger partial charge in [0.1, 0.15) is 0 Å². The highest BCUT2D eigenvalue weighted by Crippen LogP contribution is 2.24. The molecular weight excluding hydrogens is 190 g/mol. The van der Waals surface area contributed by atoms with E-state index in [2.05, 4.69) is 0 Å². The molecule has 0 aromatic carbocycles. The smallest absolute Gasteiger partial charge is 0.0646 e. The highest BCUT2D eigenvalue weighted by Gasteiger charge is 2.28. The Morgan fingerprint density at radius 3 is 2.87 bits per heavy atom. The molecule has 0 aromatic rings. The summed E-state index contributed by atoms with van der Waals surface area (Å²) in [6, 6.07) is 0. The zero-order valence-corrected chi connectivity index (χ0v) is 9.54. The maximum Gasteiger partial charge on any atom is 0.0646 e. The molecule has 0 spiro atoms. The van der Waals surface area contributed by atoms with E-state index in [1.165, 1.54) is 25.7 Å². The van der Waals surface area contributed by atoms with E-state index in [1.54, 1.807) is 0 Å². The fraction of sp³-hybridized carbons (Fsp3) is 1.00. The molecule has 2 aliphatic rings. The van der Waals surface area contributed by atoms with Crippen LogP contribution >= 0.6 is 0 Å². The number of rotatable bonds is 4. The van der Waals surface area contributed by atoms with Crippen molar-refractivity contribution in [2.24, 2.45) is 5.73 Å². The summed E-state index contributed by atoms with van der Waals surface area (Å²) >= 11 is 0. The summed E-state index contributed by atoms with van der Waals surface area (Å²) < 4.78 is 11.1. The van der Waals surface area contributed by atoms with Crippen LogP contribution in [0.15, 0.2) is 0 Å². The Morgan fingerprint density at radius 2 is 2.20 bits per heavy atom. The molecule has 3 heteroatoms. The zero-order chi connectivity index (χ0) is 10.6. The molecule has 2 aliphatic heterocycles. The van der Waals surface area contributed by atoms with Crippen LogP contribution in [0, 0.1) is 0 Å². The third kappa shape index (κ3) is 3.44. The van der Waals surface area contributed by atoms with Gasteiger partial charge in [-0.25, -0.2) is 0 Å². The lowest BCUT2D eigenvalue weighted by molar-refractivity contribution is 0.0306. The molecular formula is C12H23NO2. The SMILES string of the molecule is NC1(CCCC2CCCO2)CCCOC1. The molecule has 2 saturated heterocycles. The van der Waals surface area contributed by atoms with Crippen molar-refractivity contribution in [2.45, 2.75) is 56.6 Å². The van der Waals surface area contributed by atoms with Crippen molar-refractivity contribution in [2.75, 3.05) is 19.8 Å². The minimum atomic E-state index is -0.0448. The second-order valence-corrected chi connectivity index (χ2v) is 5.05. The van der Waals surface area contributed by atoms with Gasteiger partial charge in [-0.3, -0.25) is 0 Å². The molecule has 2 heterocycles. The third-order valence-electron chi connectivity index (χ3n) is 3.58. The molecule has 2 N–H and O–H groups in total. The van der Waals surface area contributed by atoms with Gasteiger partial charge in [0.15, 0.2) is 0 Å². The summed E-state index contributed by atoms with van der Waals surface area (Å²) in [7, 11) is 0. The largest absolute Gasteiger partial charge is 0.380 e. The Balaban J connectivity index is 1.63. The number of nitrogens with two attached hydrogens (primary N) is 1. The van der Waals surface area contributed by atoms with Gasteiger partial charge in [0.05, 0.1) is 12.7 Å². The summed E-state index contributed by atoms with van der Waals surface area (Å²) in [5, 5.41) is 0. The topological polar surface area (TPSA) is 44.5 Å². The quantitative estimate of drug-likeness (QED) is 0.775. The molecule has 0 amide bonds. The minimum absolute atomic E-state index is 0.0448. The average Bonchev–Trinajstić information content (AvgIpc) is 2.71. The molecule has 0 bridgehead atoms. The Bertz CT molecular complexity index is 184. The van der Waals surface area contributed by atoms with Gasteiger partial charge in [-0.05, 0) is 44.9 Å². The third-order valence-corrected chi connectivity index (χ3v) is 3.58. The van der Waals surface area contributed by atoms with Crippen LogP contribution in [0.3, 0.4) is 0 Å². The first-order chi connectivity index (χ1) is 7.29. The second kappa shape index (κ2) is 5.28. The first kappa shape index (κ1) is 11.4. The van der Waals surface area contributed by atoms with Gasteiger partial charge in [0.2, 0.25) is 0 Å². The summed E-state index contributed by atoms with van der Waals surface area (Å²) in [5.41, 5.74) is 6.23. The van der Waals surface area contributed by atoms with Crippen LogP contribution in [0.4, 0.5) is 0 Å². The zero-order valence-electron chi connectivity index (χ0n) is 9.54. The van der Waals surface area contributed by atoms with Crippen LogP contribution in [0.25, 0.3) is 0 Å². The lowest BCUT2D eigenvalue weighted by atomic mass is 9.87. The van der Waals surface area contributed by atoms with Gasteiger partial charge in [-0.2, -0.15) is 0 Å². The van der Waals surface area contributed by atoms with Gasteiger partial charge in [0.25, 0.3) is 0 Å². The van der Waals surface area contributed by atoms with Crippen LogP contribution < -0.4 is 5.73 Å². The summed E-state index contributed by atoms with van der Waals surface area (Å²) in [4.78, 5) is 0. The Hall–Kier alpha value is -0.120. The Morgan fingerprint density at radius 1 is 1.27 bits per heavy atom. The van der Waals surface area contributed by atoms with E-state index >= 15 is 0 Å². The van der Waals surface area contributed by atoms with Crippen LogP contribution in [-0.4, -0.2) is 31.5 Å². The molecule has 2 atom stereocenters. The molecule has 2 rings (SSSR count). The van der Waals surface area contributed by atoms with Crippen molar-refractivity contribution < 1.29 is 9.47 Å². The summed E-state index contributed by atoms with van der Waals surface area (Å²) in [6.45, 7) is 2.60. The van der Waals surface area contributed by atoms with E-state index in [0.717, 1.165) is 39.1 Å². The molecule has 0 saturated carbocycles. The fourth-order valence-electron chi connectivity index (χ4n) is 2.62. The Kier molecular flexibility index (Phi) is 4.00. The first-order valence-electron chi connectivity index (χ1n) is 6.27. The molecule has 2 fully saturated rings. The van der Waals surface area contributed by atoms with Crippen LogP contribution in [-0.2, 0) is 9.47 Å². The van der Waals surface area contributed by atoms with Crippen molar-refractivity contribution in [3.8, 4) is 0 Å². The van der Waals surface area contributed by atoms with Crippen molar-refractivity contribution in [3.05, 3.63) is 0 Å². The molecule has 15 heavy (non-hydrogen) atoms. The van der Waals surface area contributed by atoms with E-state index in [0.29, 0.717) is 6.10 Å². The molecule has 3 nitrogen and oxygen atoms in total. The highest BCUT2D eigenvalue weighted by molar-refractivity contribution is 4.86. The minimum Gasteiger partial charge on any atom is -0.380 e. The monoisotopic (exact) mass is 213 g/mol. The maximum atomic E-state index is 6.28. The van der Waals surface area contributed by atoms with Crippen molar-refractivity contribution in [3.63, 3.8) is 0 Å². The Labute approximate surface area is 92.3 Å². The van der Waals surface area contributed by atoms with Gasteiger partial charge in [-0.15, -0.1) is 0 Å². The summed E-state index contributed by atoms with van der Waals surface area (Å²) in [6.07, 6.45) is 8.69. The van der Waals surface area contributed by atoms with E-state index in [4.69, 9.17) is 15.2 Å². The summed E-state index contributed by atoms with van der Waals surface area (Å²) in [5.74, 6) is 0. The molecule has 0 aliphatic carbocycles. The van der Waals surface area contributed by atoms with E-state index in [1.807, 2.05) is 0 Å². The fourth-order valence-corrected chi connectivity index (χ4v) is 2.62. The lowest BCUT2D eigenvalue weighted by Crippen LogP contribution is -2.47. The predicted octanol–water partition coefficient (Wildman–Crippen LogP) is 1.84. The standard InChI is InChI=1S/C12H23NO2/c13-12(7-3-8-14-10-12)6-1-4-11-5-2-9-15-11/h11H,1-10,13H2. The van der Waals surface area contributed by atoms with Gasteiger partial charge in [-0.1, -0.05) is 0 Å². The predicted molar refractivity (Wildman–Crippen MR) is 59.8 cm³/mol. The van der Waals surface area contributed by atoms with Gasteiger partial charge < -0.3 is 15.2 Å². The second-order valence-electron chi connectivity index (χ2n) is 5.05. The van der Waals surface area contributed by atoms with E-state index in [9.17, 15) is 0 Å². The molecule has 88 valence electrons.